The second-order valence-electron chi connectivity index (χ2n) is 4.40. The van der Waals surface area contributed by atoms with Gasteiger partial charge in [0.2, 0.25) is 0 Å². The van der Waals surface area contributed by atoms with Crippen LogP contribution in [0.1, 0.15) is 25.3 Å². The fraction of sp³-hybridized carbons (Fsp3) is 0.250. The monoisotopic (exact) mass is 275 g/mol. The van der Waals surface area contributed by atoms with Crippen LogP contribution in [0.15, 0.2) is 29.8 Å². The minimum Gasteiger partial charge on any atom is -0.383 e. The minimum absolute atomic E-state index is 0.0732. The molecule has 0 radical (unpaired) electrons. The van der Waals surface area contributed by atoms with E-state index in [1.807, 2.05) is 13.0 Å². The van der Waals surface area contributed by atoms with Gasteiger partial charge in [-0.3, -0.25) is 0 Å². The molecule has 0 aromatic heterocycles. The summed E-state index contributed by atoms with van der Waals surface area (Å²) in [4.78, 5) is 0. The third-order valence-corrected chi connectivity index (χ3v) is 2.86. The third kappa shape index (κ3) is 4.39. The molecule has 5 nitrogen and oxygen atoms in total. The van der Waals surface area contributed by atoms with Crippen molar-refractivity contribution < 1.29 is 0 Å². The van der Waals surface area contributed by atoms with Gasteiger partial charge < -0.3 is 5.32 Å². The van der Waals surface area contributed by atoms with Crippen LogP contribution >= 0.6 is 0 Å². The van der Waals surface area contributed by atoms with Gasteiger partial charge in [0.05, 0.1) is 11.6 Å². The number of allylic oxidation sites excluding steroid dienone is 2. The van der Waals surface area contributed by atoms with Crippen LogP contribution in [0.4, 0.5) is 5.69 Å². The molecule has 0 fully saturated rings. The second-order valence-corrected chi connectivity index (χ2v) is 4.40. The number of nitrogens with one attached hydrogen (secondary N) is 1. The quantitative estimate of drug-likeness (QED) is 0.830. The predicted molar refractivity (Wildman–Crippen MR) is 78.1 cm³/mol. The normalized spacial score (nSPS) is 10.1. The molecule has 1 aromatic rings. The summed E-state index contributed by atoms with van der Waals surface area (Å²) in [5, 5.41) is 38.5. The van der Waals surface area contributed by atoms with Crippen LogP contribution in [-0.2, 0) is 0 Å². The summed E-state index contributed by atoms with van der Waals surface area (Å²) < 4.78 is 0. The van der Waals surface area contributed by atoms with Gasteiger partial charge in [0.1, 0.15) is 23.8 Å². The van der Waals surface area contributed by atoms with E-state index < -0.39 is 0 Å². The molecular weight excluding hydrogens is 262 g/mol. The fourth-order valence-electron chi connectivity index (χ4n) is 1.77. The molecule has 1 rings (SSSR count). The summed E-state index contributed by atoms with van der Waals surface area (Å²) in [7, 11) is 0. The molecule has 0 bridgehead atoms. The zero-order valence-electron chi connectivity index (χ0n) is 11.6. The Kier molecular flexibility index (Phi) is 6.01. The fourth-order valence-corrected chi connectivity index (χ4v) is 1.77. The van der Waals surface area contributed by atoms with Crippen LogP contribution in [0.3, 0.4) is 0 Å². The molecule has 5 heteroatoms. The number of rotatable bonds is 5. The van der Waals surface area contributed by atoms with E-state index in [0.717, 1.165) is 12.1 Å². The van der Waals surface area contributed by atoms with Crippen LogP contribution in [0.5, 0.6) is 0 Å². The van der Waals surface area contributed by atoms with E-state index in [9.17, 15) is 0 Å². The molecule has 0 spiro atoms. The summed E-state index contributed by atoms with van der Waals surface area (Å²) >= 11 is 0. The number of hydrogen-bond acceptors (Lipinski definition) is 5. The van der Waals surface area contributed by atoms with Crippen LogP contribution in [0, 0.1) is 45.3 Å². The molecule has 0 saturated carbocycles. The Labute approximate surface area is 124 Å². The molecule has 1 N–H and O–H groups in total. The molecule has 1 unspecified atom stereocenters. The standard InChI is InChI=1S/C16H13N5/c1-12(3-2-8-17)21-15-6-4-13(5-7-15)16(11-20)14(9-18)10-19/h4-7,12,21H,2-3H2,1H3. The maximum absolute atomic E-state index is 9.07. The molecule has 0 amide bonds. The highest BCUT2D eigenvalue weighted by atomic mass is 14.9. The van der Waals surface area contributed by atoms with Crippen molar-refractivity contribution in [1.29, 1.82) is 21.0 Å². The van der Waals surface area contributed by atoms with Gasteiger partial charge in [-0.2, -0.15) is 21.0 Å². The SMILES string of the molecule is CC(CCC#N)Nc1ccc(C(C#N)=C(C#N)C#N)cc1. The molecule has 0 aliphatic carbocycles. The Bertz CT molecular complexity index is 671. The van der Waals surface area contributed by atoms with Crippen molar-refractivity contribution in [3.63, 3.8) is 0 Å². The number of anilines is 1. The highest BCUT2D eigenvalue weighted by Gasteiger charge is 2.09. The lowest BCUT2D eigenvalue weighted by Gasteiger charge is -2.13. The zero-order chi connectivity index (χ0) is 15.7. The van der Waals surface area contributed by atoms with Gasteiger partial charge in [-0.25, -0.2) is 0 Å². The first-order chi connectivity index (χ1) is 10.2. The van der Waals surface area contributed by atoms with Crippen molar-refractivity contribution in [3.05, 3.63) is 35.4 Å². The maximum Gasteiger partial charge on any atom is 0.148 e. The van der Waals surface area contributed by atoms with E-state index in [-0.39, 0.29) is 17.2 Å². The van der Waals surface area contributed by atoms with Gasteiger partial charge in [0.25, 0.3) is 0 Å². The van der Waals surface area contributed by atoms with Crippen molar-refractivity contribution >= 4 is 11.3 Å². The van der Waals surface area contributed by atoms with Gasteiger partial charge in [0.15, 0.2) is 0 Å². The predicted octanol–water partition coefficient (Wildman–Crippen LogP) is 3.12. The summed E-state index contributed by atoms with van der Waals surface area (Å²) in [6.45, 7) is 1.98. The average molecular weight is 275 g/mol. The number of hydrogen-bond donors (Lipinski definition) is 1. The Morgan fingerprint density at radius 1 is 1.05 bits per heavy atom. The van der Waals surface area contributed by atoms with E-state index >= 15 is 0 Å². The smallest absolute Gasteiger partial charge is 0.148 e. The van der Waals surface area contributed by atoms with Gasteiger partial charge >= 0.3 is 0 Å². The van der Waals surface area contributed by atoms with Crippen molar-refractivity contribution in [2.45, 2.75) is 25.8 Å². The van der Waals surface area contributed by atoms with Crippen LogP contribution < -0.4 is 5.32 Å². The molecular formula is C16H13N5. The van der Waals surface area contributed by atoms with Crippen LogP contribution in [0.2, 0.25) is 0 Å². The van der Waals surface area contributed by atoms with E-state index in [1.165, 1.54) is 0 Å². The largest absolute Gasteiger partial charge is 0.383 e. The Hall–Kier alpha value is -3.28. The molecule has 21 heavy (non-hydrogen) atoms. The topological polar surface area (TPSA) is 107 Å². The van der Waals surface area contributed by atoms with E-state index in [4.69, 9.17) is 21.0 Å². The van der Waals surface area contributed by atoms with E-state index in [0.29, 0.717) is 12.0 Å². The highest BCUT2D eigenvalue weighted by molar-refractivity contribution is 5.84. The first-order valence-electron chi connectivity index (χ1n) is 6.34. The number of nitriles is 4. The average Bonchev–Trinajstić information content (AvgIpc) is 2.51. The molecule has 0 saturated heterocycles. The lowest BCUT2D eigenvalue weighted by molar-refractivity contribution is 0.723. The minimum atomic E-state index is -0.194. The lowest BCUT2D eigenvalue weighted by Crippen LogP contribution is -2.14. The molecule has 1 atom stereocenters. The summed E-state index contributed by atoms with van der Waals surface area (Å²) in [5.41, 5.74) is 1.27. The zero-order valence-corrected chi connectivity index (χ0v) is 11.6. The van der Waals surface area contributed by atoms with Crippen molar-refractivity contribution in [3.8, 4) is 24.3 Å². The first-order valence-corrected chi connectivity index (χ1v) is 6.34. The highest BCUT2D eigenvalue weighted by Crippen LogP contribution is 2.20. The summed E-state index contributed by atoms with van der Waals surface area (Å²) in [6, 6.07) is 14.5. The Morgan fingerprint density at radius 3 is 2.14 bits per heavy atom. The molecule has 0 aliphatic heterocycles. The Morgan fingerprint density at radius 2 is 1.67 bits per heavy atom. The van der Waals surface area contributed by atoms with Crippen molar-refractivity contribution in [2.24, 2.45) is 0 Å². The number of benzene rings is 1. The van der Waals surface area contributed by atoms with Gasteiger partial charge in [-0.1, -0.05) is 12.1 Å². The maximum atomic E-state index is 9.07. The number of nitrogens with zero attached hydrogens (tertiary/aromatic N) is 4. The van der Waals surface area contributed by atoms with Crippen LogP contribution in [-0.4, -0.2) is 6.04 Å². The van der Waals surface area contributed by atoms with E-state index in [1.54, 1.807) is 36.4 Å². The lowest BCUT2D eigenvalue weighted by atomic mass is 10.0. The van der Waals surface area contributed by atoms with Gasteiger partial charge in [-0.15, -0.1) is 0 Å². The molecule has 0 aliphatic rings. The van der Waals surface area contributed by atoms with Crippen LogP contribution in [0.25, 0.3) is 5.57 Å². The molecule has 1 aromatic carbocycles. The van der Waals surface area contributed by atoms with Gasteiger partial charge in [0, 0.05) is 18.2 Å². The van der Waals surface area contributed by atoms with Crippen molar-refractivity contribution in [1.82, 2.24) is 0 Å². The first kappa shape index (κ1) is 15.8. The molecule has 0 heterocycles. The van der Waals surface area contributed by atoms with Crippen molar-refractivity contribution in [2.75, 3.05) is 5.32 Å². The third-order valence-electron chi connectivity index (χ3n) is 2.86. The second kappa shape index (κ2) is 8.00. The summed E-state index contributed by atoms with van der Waals surface area (Å²) in [5.74, 6) is 0. The molecule has 102 valence electrons. The summed E-state index contributed by atoms with van der Waals surface area (Å²) in [6.07, 6.45) is 1.23. The van der Waals surface area contributed by atoms with Gasteiger partial charge in [-0.05, 0) is 31.0 Å². The van der Waals surface area contributed by atoms with E-state index in [2.05, 4.69) is 11.4 Å². The Balaban J connectivity index is 2.92.